The third-order valence-corrected chi connectivity index (χ3v) is 16.2. The Morgan fingerprint density at radius 3 is 2.35 bits per heavy atom. The van der Waals surface area contributed by atoms with Crippen LogP contribution in [0, 0.1) is 50.7 Å². The quantitative estimate of drug-likeness (QED) is 0.317. The SMILES string of the molecule is CCN1CCO[C@@H](OC2CC[C@]34C[C@]35CC[C@]3(C)[C@@H]6C(OC([C@H](OC(C)=O)C(C)(C)O)C[C@H]6C)[C@H](OC(C)=O)[C@@]3(C)C5CC[C@H]4C2(C)C)C1. The molecule has 1 N–H and O–H groups in total. The molecule has 7 fully saturated rings. The van der Waals surface area contributed by atoms with Crippen LogP contribution in [0.1, 0.15) is 121 Å². The monoisotopic (exact) mass is 687 g/mol. The van der Waals surface area contributed by atoms with Crippen LogP contribution in [0.4, 0.5) is 0 Å². The third kappa shape index (κ3) is 5.15. The normalized spacial score (nSPS) is 49.3. The summed E-state index contributed by atoms with van der Waals surface area (Å²) in [5.41, 5.74) is -1.08. The Balaban J connectivity index is 1.19. The molecular formula is C40H65NO8. The molecule has 9 heteroatoms. The average Bonchev–Trinajstić information content (AvgIpc) is 3.64. The molecule has 14 atom stereocenters. The number of hydrogen-bond acceptors (Lipinski definition) is 9. The van der Waals surface area contributed by atoms with Gasteiger partial charge in [0, 0.05) is 32.4 Å². The fourth-order valence-corrected chi connectivity index (χ4v) is 14.2. The molecule has 9 nitrogen and oxygen atoms in total. The number of likely N-dealkylation sites (N-methyl/N-ethyl adjacent to an activating group) is 1. The van der Waals surface area contributed by atoms with Crippen molar-refractivity contribution in [2.24, 2.45) is 50.7 Å². The lowest BCUT2D eigenvalue weighted by Crippen LogP contribution is -2.60. The van der Waals surface area contributed by atoms with E-state index in [0.717, 1.165) is 51.9 Å². The fraction of sp³-hybridized carbons (Fsp3) is 0.950. The molecule has 2 saturated heterocycles. The zero-order valence-electron chi connectivity index (χ0n) is 32.0. The molecule has 5 saturated carbocycles. The molecule has 0 bridgehead atoms. The molecule has 7 aliphatic rings. The zero-order chi connectivity index (χ0) is 35.5. The predicted octanol–water partition coefficient (Wildman–Crippen LogP) is 6.14. The number of ether oxygens (including phenoxy) is 5. The second kappa shape index (κ2) is 11.9. The van der Waals surface area contributed by atoms with Gasteiger partial charge in [-0.05, 0) is 117 Å². The Morgan fingerprint density at radius 1 is 1.00 bits per heavy atom. The highest BCUT2D eigenvalue weighted by molar-refractivity contribution is 5.67. The number of rotatable bonds is 7. The number of carbonyl (C=O) groups excluding carboxylic acids is 2. The predicted molar refractivity (Wildman–Crippen MR) is 184 cm³/mol. The van der Waals surface area contributed by atoms with Gasteiger partial charge >= 0.3 is 11.9 Å². The van der Waals surface area contributed by atoms with Gasteiger partial charge in [-0.2, -0.15) is 0 Å². The minimum atomic E-state index is -1.28. The first-order chi connectivity index (χ1) is 22.9. The van der Waals surface area contributed by atoms with Crippen LogP contribution in [-0.2, 0) is 33.3 Å². The molecule has 4 unspecified atom stereocenters. The van der Waals surface area contributed by atoms with Gasteiger partial charge in [-0.3, -0.25) is 14.5 Å². The van der Waals surface area contributed by atoms with Gasteiger partial charge in [0.25, 0.3) is 0 Å². The topological polar surface area (TPSA) is 104 Å². The van der Waals surface area contributed by atoms with Gasteiger partial charge in [0.15, 0.2) is 12.4 Å². The van der Waals surface area contributed by atoms with E-state index in [1.807, 2.05) is 0 Å². The maximum Gasteiger partial charge on any atom is 0.303 e. The second-order valence-electron chi connectivity index (χ2n) is 19.1. The molecule has 2 spiro atoms. The van der Waals surface area contributed by atoms with Crippen molar-refractivity contribution in [3.05, 3.63) is 0 Å². The Hall–Kier alpha value is -1.26. The minimum absolute atomic E-state index is 0.0405. The van der Waals surface area contributed by atoms with E-state index in [1.165, 1.54) is 33.1 Å². The smallest absolute Gasteiger partial charge is 0.303 e. The summed E-state index contributed by atoms with van der Waals surface area (Å²) in [5, 5.41) is 11.1. The molecule has 0 amide bonds. The Labute approximate surface area is 294 Å². The van der Waals surface area contributed by atoms with Gasteiger partial charge in [0.2, 0.25) is 0 Å². The molecule has 7 rings (SSSR count). The molecule has 278 valence electrons. The van der Waals surface area contributed by atoms with Crippen LogP contribution in [0.15, 0.2) is 0 Å². The van der Waals surface area contributed by atoms with Gasteiger partial charge in [-0.25, -0.2) is 0 Å². The van der Waals surface area contributed by atoms with Gasteiger partial charge in [-0.15, -0.1) is 0 Å². The summed E-state index contributed by atoms with van der Waals surface area (Å²) in [7, 11) is 0. The van der Waals surface area contributed by atoms with Crippen molar-refractivity contribution in [1.82, 2.24) is 4.90 Å². The van der Waals surface area contributed by atoms with Gasteiger partial charge < -0.3 is 28.8 Å². The van der Waals surface area contributed by atoms with Crippen LogP contribution >= 0.6 is 0 Å². The van der Waals surface area contributed by atoms with Crippen molar-refractivity contribution in [3.8, 4) is 0 Å². The molecule has 0 aromatic heterocycles. The summed E-state index contributed by atoms with van der Waals surface area (Å²) < 4.78 is 32.3. The van der Waals surface area contributed by atoms with Gasteiger partial charge in [0.05, 0.1) is 30.5 Å². The van der Waals surface area contributed by atoms with E-state index in [9.17, 15) is 14.7 Å². The summed E-state index contributed by atoms with van der Waals surface area (Å²) in [5.74, 6) is 0.740. The Morgan fingerprint density at radius 2 is 1.69 bits per heavy atom. The lowest BCUT2D eigenvalue weighted by molar-refractivity contribution is -0.249. The Bertz CT molecular complexity index is 1310. The average molecular weight is 688 g/mol. The van der Waals surface area contributed by atoms with Crippen LogP contribution in [0.3, 0.4) is 0 Å². The van der Waals surface area contributed by atoms with E-state index in [2.05, 4.69) is 46.4 Å². The second-order valence-corrected chi connectivity index (χ2v) is 19.1. The van der Waals surface area contributed by atoms with E-state index in [0.29, 0.717) is 18.3 Å². The first-order valence-corrected chi connectivity index (χ1v) is 19.6. The standard InChI is InChI=1S/C40H65NO8/c1-11-41-18-19-45-30(21-41)49-29-14-15-39-22-40(39)17-16-37(9)31-23(2)20-26(33(36(7,8)44)46-24(3)42)48-32(31)34(47-25(4)43)38(37,10)28(40)13-12-27(39)35(29,5)6/h23,26-34,44H,11-22H2,1-10H3/t23-,26?,27+,28?,29?,30+,31+,32?,33+,34+,37-,38-,39-,40+/m1/s1. The van der Waals surface area contributed by atoms with E-state index in [4.69, 9.17) is 23.7 Å². The number of hydrogen-bond donors (Lipinski definition) is 1. The largest absolute Gasteiger partial charge is 0.459 e. The molecule has 5 aliphatic carbocycles. The van der Waals surface area contributed by atoms with Crippen molar-refractivity contribution in [1.29, 1.82) is 0 Å². The Kier molecular flexibility index (Phi) is 8.75. The molecule has 2 heterocycles. The van der Waals surface area contributed by atoms with Crippen LogP contribution in [-0.4, -0.2) is 90.6 Å². The molecular weight excluding hydrogens is 622 g/mol. The first kappa shape index (κ1) is 36.1. The number of morpholine rings is 1. The molecule has 0 radical (unpaired) electrons. The van der Waals surface area contributed by atoms with Crippen LogP contribution < -0.4 is 0 Å². The molecule has 0 aromatic rings. The van der Waals surface area contributed by atoms with Crippen molar-refractivity contribution in [2.75, 3.05) is 26.2 Å². The van der Waals surface area contributed by atoms with Crippen LogP contribution in [0.25, 0.3) is 0 Å². The van der Waals surface area contributed by atoms with Crippen LogP contribution in [0.2, 0.25) is 0 Å². The van der Waals surface area contributed by atoms with E-state index in [-0.39, 0.29) is 63.4 Å². The lowest BCUT2D eigenvalue weighted by atomic mass is 9.41. The van der Waals surface area contributed by atoms with Crippen molar-refractivity contribution in [3.63, 3.8) is 0 Å². The van der Waals surface area contributed by atoms with E-state index >= 15 is 0 Å². The van der Waals surface area contributed by atoms with Gasteiger partial charge in [0.1, 0.15) is 6.10 Å². The maximum absolute atomic E-state index is 13.0. The van der Waals surface area contributed by atoms with Crippen LogP contribution in [0.5, 0.6) is 0 Å². The van der Waals surface area contributed by atoms with Crippen molar-refractivity contribution in [2.45, 2.75) is 163 Å². The van der Waals surface area contributed by atoms with Gasteiger partial charge in [-0.1, -0.05) is 41.5 Å². The summed E-state index contributed by atoms with van der Waals surface area (Å²) in [6.45, 7) is 24.2. The zero-order valence-corrected chi connectivity index (χ0v) is 32.0. The summed E-state index contributed by atoms with van der Waals surface area (Å²) >= 11 is 0. The van der Waals surface area contributed by atoms with E-state index < -0.39 is 29.9 Å². The number of carbonyl (C=O) groups is 2. The highest BCUT2D eigenvalue weighted by Gasteiger charge is 2.85. The summed E-state index contributed by atoms with van der Waals surface area (Å²) in [6, 6.07) is 0. The number of nitrogens with zero attached hydrogens (tertiary/aromatic N) is 1. The highest BCUT2D eigenvalue weighted by atomic mass is 16.7. The summed E-state index contributed by atoms with van der Waals surface area (Å²) in [4.78, 5) is 27.6. The van der Waals surface area contributed by atoms with E-state index in [1.54, 1.807) is 13.8 Å². The van der Waals surface area contributed by atoms with Crippen molar-refractivity contribution < 1.29 is 38.4 Å². The molecule has 0 aromatic carbocycles. The highest BCUT2D eigenvalue weighted by Crippen LogP contribution is 2.89. The fourth-order valence-electron chi connectivity index (χ4n) is 14.2. The molecule has 49 heavy (non-hydrogen) atoms. The number of fused-ring (bicyclic) bond motifs is 4. The minimum Gasteiger partial charge on any atom is -0.459 e. The summed E-state index contributed by atoms with van der Waals surface area (Å²) in [6.07, 6.45) is 6.77. The molecule has 2 aliphatic heterocycles. The number of aliphatic hydroxyl groups is 1. The lowest BCUT2D eigenvalue weighted by Gasteiger charge is -2.64. The maximum atomic E-state index is 13.0. The first-order valence-electron chi connectivity index (χ1n) is 19.6. The van der Waals surface area contributed by atoms with Crippen molar-refractivity contribution >= 4 is 11.9 Å². The number of esters is 2. The third-order valence-electron chi connectivity index (χ3n) is 16.2.